The van der Waals surface area contributed by atoms with E-state index in [-0.39, 0.29) is 12.0 Å². The minimum Gasteiger partial charge on any atom is -0.496 e. The minimum atomic E-state index is -0.886. The third kappa shape index (κ3) is 2.26. The number of anilines is 1. The van der Waals surface area contributed by atoms with Crippen molar-refractivity contribution in [2.45, 2.75) is 18.4 Å². The van der Waals surface area contributed by atoms with Crippen LogP contribution in [0.4, 0.5) is 5.69 Å². The number of hydrogen-bond acceptors (Lipinski definition) is 3. The summed E-state index contributed by atoms with van der Waals surface area (Å²) in [6, 6.07) is 13.6. The molecule has 0 unspecified atom stereocenters. The lowest BCUT2D eigenvalue weighted by atomic mass is 9.76. The highest BCUT2D eigenvalue weighted by molar-refractivity contribution is 5.89. The molecule has 4 heteroatoms. The van der Waals surface area contributed by atoms with Gasteiger partial charge in [-0.3, -0.25) is 0 Å². The summed E-state index contributed by atoms with van der Waals surface area (Å²) in [6.45, 7) is 0. The van der Waals surface area contributed by atoms with Crippen LogP contribution in [-0.4, -0.2) is 18.2 Å². The topological polar surface area (TPSA) is 58.6 Å². The number of aromatic carboxylic acids is 1. The van der Waals surface area contributed by atoms with Gasteiger partial charge >= 0.3 is 5.97 Å². The molecule has 4 rings (SSSR count). The predicted octanol–water partition coefficient (Wildman–Crippen LogP) is 4.22. The molecule has 2 aromatic rings. The van der Waals surface area contributed by atoms with Crippen LogP contribution in [0.2, 0.25) is 0 Å². The molecule has 0 radical (unpaired) electrons. The Labute approximate surface area is 140 Å². The molecule has 3 atom stereocenters. The van der Waals surface area contributed by atoms with E-state index in [4.69, 9.17) is 4.74 Å². The molecule has 0 saturated carbocycles. The van der Waals surface area contributed by atoms with Crippen LogP contribution < -0.4 is 10.1 Å². The number of nitrogens with one attached hydrogen (secondary N) is 1. The van der Waals surface area contributed by atoms with Crippen LogP contribution >= 0.6 is 0 Å². The highest BCUT2D eigenvalue weighted by Crippen LogP contribution is 2.51. The van der Waals surface area contributed by atoms with Crippen molar-refractivity contribution in [3.8, 4) is 5.75 Å². The highest BCUT2D eigenvalue weighted by Gasteiger charge is 2.39. The van der Waals surface area contributed by atoms with E-state index in [1.54, 1.807) is 19.2 Å². The fraction of sp³-hybridized carbons (Fsp3) is 0.250. The van der Waals surface area contributed by atoms with E-state index in [1.807, 2.05) is 24.3 Å². The maximum Gasteiger partial charge on any atom is 0.335 e. The van der Waals surface area contributed by atoms with Gasteiger partial charge in [-0.2, -0.15) is 0 Å². The van der Waals surface area contributed by atoms with E-state index in [0.29, 0.717) is 11.5 Å². The number of carbonyl (C=O) groups is 1. The molecule has 0 spiro atoms. The fourth-order valence-electron chi connectivity index (χ4n) is 3.96. The zero-order valence-electron chi connectivity index (χ0n) is 13.4. The second-order valence-corrected chi connectivity index (χ2v) is 6.32. The summed E-state index contributed by atoms with van der Waals surface area (Å²) < 4.78 is 5.55. The fourth-order valence-corrected chi connectivity index (χ4v) is 3.96. The van der Waals surface area contributed by atoms with Crippen LogP contribution in [-0.2, 0) is 0 Å². The average Bonchev–Trinajstić information content (AvgIpc) is 3.10. The molecule has 0 aromatic heterocycles. The van der Waals surface area contributed by atoms with Crippen LogP contribution in [0.15, 0.2) is 54.6 Å². The lowest BCUT2D eigenvalue weighted by Gasteiger charge is -2.38. The van der Waals surface area contributed by atoms with Crippen LogP contribution in [0.3, 0.4) is 0 Å². The molecule has 1 heterocycles. The van der Waals surface area contributed by atoms with Crippen LogP contribution in [0.25, 0.3) is 0 Å². The molecule has 2 aromatic carbocycles. The van der Waals surface area contributed by atoms with Gasteiger partial charge in [0.1, 0.15) is 5.75 Å². The first-order valence-electron chi connectivity index (χ1n) is 8.12. The van der Waals surface area contributed by atoms with Gasteiger partial charge in [-0.15, -0.1) is 0 Å². The Bertz CT molecular complexity index is 827. The lowest BCUT2D eigenvalue weighted by molar-refractivity contribution is 0.0696. The zero-order chi connectivity index (χ0) is 16.7. The summed E-state index contributed by atoms with van der Waals surface area (Å²) >= 11 is 0. The monoisotopic (exact) mass is 321 g/mol. The summed E-state index contributed by atoms with van der Waals surface area (Å²) in [7, 11) is 1.69. The first kappa shape index (κ1) is 14.8. The van der Waals surface area contributed by atoms with Gasteiger partial charge in [0.15, 0.2) is 0 Å². The molecule has 1 aliphatic heterocycles. The second-order valence-electron chi connectivity index (χ2n) is 6.32. The Morgan fingerprint density at radius 1 is 1.21 bits per heavy atom. The number of benzene rings is 2. The number of carboxylic acids is 1. The Kier molecular flexibility index (Phi) is 3.53. The molecule has 0 amide bonds. The van der Waals surface area contributed by atoms with Crippen molar-refractivity contribution in [1.29, 1.82) is 0 Å². The first-order valence-corrected chi connectivity index (χ1v) is 8.12. The molecular formula is C20H19NO3. The van der Waals surface area contributed by atoms with E-state index in [1.165, 1.54) is 0 Å². The standard InChI is InChI=1S/C20H19NO3/c1-24-18-8-3-2-5-15(18)19-14-7-4-6-13(14)16-11-12(20(22)23)9-10-17(16)21-19/h2-6,8-11,13-14,19,21H,7H2,1H3,(H,22,23)/t13-,14-,19+/m0/s1. The van der Waals surface area contributed by atoms with Gasteiger partial charge in [-0.1, -0.05) is 30.4 Å². The van der Waals surface area contributed by atoms with E-state index in [0.717, 1.165) is 29.0 Å². The molecule has 2 N–H and O–H groups in total. The first-order chi connectivity index (χ1) is 11.7. The van der Waals surface area contributed by atoms with Gasteiger partial charge in [-0.05, 0) is 42.2 Å². The van der Waals surface area contributed by atoms with E-state index in [9.17, 15) is 9.90 Å². The van der Waals surface area contributed by atoms with Crippen molar-refractivity contribution < 1.29 is 14.6 Å². The van der Waals surface area contributed by atoms with Gasteiger partial charge in [-0.25, -0.2) is 4.79 Å². The molecule has 24 heavy (non-hydrogen) atoms. The molecule has 122 valence electrons. The van der Waals surface area contributed by atoms with Crippen molar-refractivity contribution in [2.75, 3.05) is 12.4 Å². The maximum atomic E-state index is 11.3. The largest absolute Gasteiger partial charge is 0.496 e. The van der Waals surface area contributed by atoms with Crippen LogP contribution in [0, 0.1) is 5.92 Å². The number of fused-ring (bicyclic) bond motifs is 3. The van der Waals surface area contributed by atoms with Gasteiger partial charge in [0.05, 0.1) is 18.7 Å². The molecule has 4 nitrogen and oxygen atoms in total. The van der Waals surface area contributed by atoms with Crippen molar-refractivity contribution in [3.63, 3.8) is 0 Å². The van der Waals surface area contributed by atoms with E-state index >= 15 is 0 Å². The number of allylic oxidation sites excluding steroid dienone is 2. The van der Waals surface area contributed by atoms with Gasteiger partial charge in [0.2, 0.25) is 0 Å². The van der Waals surface area contributed by atoms with Crippen molar-refractivity contribution in [3.05, 3.63) is 71.3 Å². The lowest BCUT2D eigenvalue weighted by Crippen LogP contribution is -2.29. The number of carboxylic acid groups (broad SMARTS) is 1. The van der Waals surface area contributed by atoms with Gasteiger partial charge in [0, 0.05) is 17.2 Å². The van der Waals surface area contributed by atoms with Crippen LogP contribution in [0.1, 0.15) is 39.9 Å². The number of methoxy groups -OCH3 is 1. The molecule has 2 aliphatic rings. The number of ether oxygens (including phenoxy) is 1. The normalized spacial score (nSPS) is 24.0. The molecule has 0 fully saturated rings. The number of hydrogen-bond donors (Lipinski definition) is 2. The van der Waals surface area contributed by atoms with Crippen molar-refractivity contribution in [1.82, 2.24) is 0 Å². The van der Waals surface area contributed by atoms with Crippen molar-refractivity contribution in [2.24, 2.45) is 5.92 Å². The van der Waals surface area contributed by atoms with Crippen LogP contribution in [0.5, 0.6) is 5.75 Å². The summed E-state index contributed by atoms with van der Waals surface area (Å²) in [4.78, 5) is 11.3. The minimum absolute atomic E-state index is 0.143. The van der Waals surface area contributed by atoms with Gasteiger partial charge in [0.25, 0.3) is 0 Å². The quantitative estimate of drug-likeness (QED) is 0.831. The molecular weight excluding hydrogens is 302 g/mol. The summed E-state index contributed by atoms with van der Waals surface area (Å²) in [6.07, 6.45) is 5.37. The molecule has 1 aliphatic carbocycles. The highest BCUT2D eigenvalue weighted by atomic mass is 16.5. The Hall–Kier alpha value is -2.75. The number of rotatable bonds is 3. The third-order valence-electron chi connectivity index (χ3n) is 5.08. The Morgan fingerprint density at radius 3 is 2.83 bits per heavy atom. The second kappa shape index (κ2) is 5.71. The summed E-state index contributed by atoms with van der Waals surface area (Å²) in [5.41, 5.74) is 3.56. The number of para-hydroxylation sites is 1. The van der Waals surface area contributed by atoms with Gasteiger partial charge < -0.3 is 15.2 Å². The predicted molar refractivity (Wildman–Crippen MR) is 92.7 cm³/mol. The SMILES string of the molecule is COc1ccccc1[C@@H]1Nc2ccc(C(=O)O)cc2[C@H]2C=CC[C@@H]21. The van der Waals surface area contributed by atoms with Crippen molar-refractivity contribution >= 4 is 11.7 Å². The molecule has 0 saturated heterocycles. The zero-order valence-corrected chi connectivity index (χ0v) is 13.4. The maximum absolute atomic E-state index is 11.3. The third-order valence-corrected chi connectivity index (χ3v) is 5.08. The molecule has 0 bridgehead atoms. The van der Waals surface area contributed by atoms with E-state index < -0.39 is 5.97 Å². The Balaban J connectivity index is 1.80. The van der Waals surface area contributed by atoms with E-state index in [2.05, 4.69) is 23.5 Å². The average molecular weight is 321 g/mol. The summed E-state index contributed by atoms with van der Waals surface area (Å²) in [5.74, 6) is 0.586. The smallest absolute Gasteiger partial charge is 0.335 e. The Morgan fingerprint density at radius 2 is 2.04 bits per heavy atom. The summed E-state index contributed by atoms with van der Waals surface area (Å²) in [5, 5.41) is 12.9.